The largest absolute Gasteiger partial charge is 0.489 e. The number of halogens is 1. The number of hydrogen-bond acceptors (Lipinski definition) is 4. The molecule has 25 heavy (non-hydrogen) atoms. The lowest BCUT2D eigenvalue weighted by molar-refractivity contribution is -0.157. The molecule has 6 nitrogen and oxygen atoms in total. The van der Waals surface area contributed by atoms with E-state index in [1.54, 1.807) is 18.2 Å². The molecule has 0 spiro atoms. The molecule has 2 fully saturated rings. The molecule has 0 aromatic heterocycles. The third kappa shape index (κ3) is 4.25. The first kappa shape index (κ1) is 18.0. The molecular weight excluding hydrogens is 346 g/mol. The Bertz CT molecular complexity index is 653. The average molecular weight is 368 g/mol. The summed E-state index contributed by atoms with van der Waals surface area (Å²) in [6, 6.07) is 4.99. The molecule has 2 N–H and O–H groups in total. The van der Waals surface area contributed by atoms with Crippen molar-refractivity contribution in [2.24, 2.45) is 5.41 Å². The van der Waals surface area contributed by atoms with E-state index in [0.29, 0.717) is 35.9 Å². The maximum atomic E-state index is 12.4. The lowest BCUT2D eigenvalue weighted by Crippen LogP contribution is -2.41. The highest BCUT2D eigenvalue weighted by atomic mass is 35.5. The van der Waals surface area contributed by atoms with Gasteiger partial charge in [0, 0.05) is 18.1 Å². The molecule has 2 aliphatic rings. The van der Waals surface area contributed by atoms with Crippen LogP contribution in [0.15, 0.2) is 18.2 Å². The van der Waals surface area contributed by atoms with E-state index in [9.17, 15) is 14.7 Å². The topological polar surface area (TPSA) is 84.9 Å². The first-order valence-electron chi connectivity index (χ1n) is 8.56. The highest BCUT2D eigenvalue weighted by Gasteiger charge is 2.45. The molecule has 1 aromatic carbocycles. The lowest BCUT2D eigenvalue weighted by Gasteiger charge is -2.36. The van der Waals surface area contributed by atoms with Gasteiger partial charge < -0.3 is 19.9 Å². The van der Waals surface area contributed by atoms with Crippen LogP contribution in [0.25, 0.3) is 0 Å². The van der Waals surface area contributed by atoms with Crippen LogP contribution in [0, 0.1) is 5.41 Å². The Balaban J connectivity index is 1.64. The molecule has 7 heteroatoms. The summed E-state index contributed by atoms with van der Waals surface area (Å²) in [6.07, 6.45) is 3.91. The molecule has 136 valence electrons. The molecule has 1 aliphatic carbocycles. The van der Waals surface area contributed by atoms with Crippen LogP contribution in [0.5, 0.6) is 5.75 Å². The van der Waals surface area contributed by atoms with Gasteiger partial charge in [-0.25, -0.2) is 0 Å². The summed E-state index contributed by atoms with van der Waals surface area (Å²) in [4.78, 5) is 23.8. The summed E-state index contributed by atoms with van der Waals surface area (Å²) < 4.78 is 11.3. The van der Waals surface area contributed by atoms with Gasteiger partial charge in [-0.3, -0.25) is 9.59 Å². The summed E-state index contributed by atoms with van der Waals surface area (Å²) in [7, 11) is 0. The Morgan fingerprint density at radius 1 is 1.36 bits per heavy atom. The van der Waals surface area contributed by atoms with Gasteiger partial charge in [-0.05, 0) is 43.9 Å². The number of rotatable bonds is 7. The van der Waals surface area contributed by atoms with Crippen molar-refractivity contribution >= 4 is 29.2 Å². The van der Waals surface area contributed by atoms with E-state index in [1.165, 1.54) is 0 Å². The third-order valence-electron chi connectivity index (χ3n) is 4.93. The van der Waals surface area contributed by atoms with Gasteiger partial charge in [-0.15, -0.1) is 0 Å². The summed E-state index contributed by atoms with van der Waals surface area (Å²) in [5, 5.41) is 12.6. The second-order valence-corrected chi connectivity index (χ2v) is 7.19. The van der Waals surface area contributed by atoms with E-state index in [2.05, 4.69) is 5.32 Å². The van der Waals surface area contributed by atoms with E-state index >= 15 is 0 Å². The number of carbonyl (C=O) groups excluding carboxylic acids is 1. The quantitative estimate of drug-likeness (QED) is 0.770. The van der Waals surface area contributed by atoms with Gasteiger partial charge in [-0.2, -0.15) is 0 Å². The maximum Gasteiger partial charge on any atom is 0.310 e. The molecule has 1 amide bonds. The molecule has 3 rings (SSSR count). The van der Waals surface area contributed by atoms with Crippen LogP contribution in [0.4, 0.5) is 5.69 Å². The van der Waals surface area contributed by atoms with E-state index in [0.717, 1.165) is 25.9 Å². The number of carbonyl (C=O) groups is 2. The number of benzene rings is 1. The summed E-state index contributed by atoms with van der Waals surface area (Å²) in [6.45, 7) is 1.15. The second-order valence-electron chi connectivity index (χ2n) is 6.75. The Hall–Kier alpha value is -1.79. The zero-order valence-electron chi connectivity index (χ0n) is 13.9. The fourth-order valence-electron chi connectivity index (χ4n) is 3.26. The molecule has 1 aromatic rings. The van der Waals surface area contributed by atoms with Gasteiger partial charge in [0.15, 0.2) is 0 Å². The van der Waals surface area contributed by atoms with Crippen LogP contribution in [-0.2, 0) is 14.3 Å². The monoisotopic (exact) mass is 367 g/mol. The number of hydrogen-bond donors (Lipinski definition) is 2. The lowest BCUT2D eigenvalue weighted by atomic mass is 9.66. The van der Waals surface area contributed by atoms with Crippen molar-refractivity contribution in [1.82, 2.24) is 0 Å². The number of nitrogens with one attached hydrogen (secondary N) is 1. The first-order chi connectivity index (χ1) is 12.0. The van der Waals surface area contributed by atoms with Crippen molar-refractivity contribution in [2.45, 2.75) is 44.6 Å². The predicted molar refractivity (Wildman–Crippen MR) is 93.1 cm³/mol. The van der Waals surface area contributed by atoms with Gasteiger partial charge >= 0.3 is 5.97 Å². The van der Waals surface area contributed by atoms with Crippen LogP contribution >= 0.6 is 11.6 Å². The summed E-state index contributed by atoms with van der Waals surface area (Å²) >= 11 is 6.02. The minimum atomic E-state index is -0.929. The zero-order chi connectivity index (χ0) is 17.9. The third-order valence-corrected chi connectivity index (χ3v) is 5.16. The highest BCUT2D eigenvalue weighted by molar-refractivity contribution is 6.31. The van der Waals surface area contributed by atoms with Crippen molar-refractivity contribution in [1.29, 1.82) is 0 Å². The van der Waals surface area contributed by atoms with E-state index in [1.807, 2.05) is 0 Å². The van der Waals surface area contributed by atoms with Gasteiger partial charge in [0.2, 0.25) is 5.91 Å². The van der Waals surface area contributed by atoms with Crippen molar-refractivity contribution in [3.63, 3.8) is 0 Å². The molecule has 0 radical (unpaired) electrons. The fourth-order valence-corrected chi connectivity index (χ4v) is 3.43. The first-order valence-corrected chi connectivity index (χ1v) is 8.93. The summed E-state index contributed by atoms with van der Waals surface area (Å²) in [5.74, 6) is -0.743. The molecule has 1 unspecified atom stereocenters. The van der Waals surface area contributed by atoms with Crippen molar-refractivity contribution in [3.05, 3.63) is 23.2 Å². The van der Waals surface area contributed by atoms with Gasteiger partial charge in [-0.1, -0.05) is 18.0 Å². The fraction of sp³-hybridized carbons (Fsp3) is 0.556. The van der Waals surface area contributed by atoms with Crippen LogP contribution in [0.3, 0.4) is 0 Å². The standard InChI is InChI=1S/C18H22ClNO5/c19-12-4-5-15(25-11-13-3-1-8-24-13)14(9-12)20-16(21)10-18(17(22)23)6-2-7-18/h4-5,9,13H,1-3,6-8,10-11H2,(H,20,21)(H,22,23). The Labute approximate surface area is 151 Å². The van der Waals surface area contributed by atoms with Crippen molar-refractivity contribution in [2.75, 3.05) is 18.5 Å². The number of ether oxygens (including phenoxy) is 2. The smallest absolute Gasteiger partial charge is 0.310 e. The van der Waals surface area contributed by atoms with Crippen LogP contribution in [0.2, 0.25) is 5.02 Å². The maximum absolute atomic E-state index is 12.4. The molecule has 1 heterocycles. The number of anilines is 1. The number of carboxylic acid groups (broad SMARTS) is 1. The van der Waals surface area contributed by atoms with Gasteiger partial charge in [0.25, 0.3) is 0 Å². The van der Waals surface area contributed by atoms with Crippen molar-refractivity contribution in [3.8, 4) is 5.75 Å². The van der Waals surface area contributed by atoms with Gasteiger partial charge in [0.05, 0.1) is 17.2 Å². The normalized spacial score (nSPS) is 21.4. The van der Waals surface area contributed by atoms with Crippen LogP contribution < -0.4 is 10.1 Å². The van der Waals surface area contributed by atoms with Gasteiger partial charge in [0.1, 0.15) is 12.4 Å². The SMILES string of the molecule is O=C(CC1(C(=O)O)CCC1)Nc1cc(Cl)ccc1OCC1CCCO1. The molecule has 1 saturated carbocycles. The minimum Gasteiger partial charge on any atom is -0.489 e. The minimum absolute atomic E-state index is 0.0416. The molecular formula is C18H22ClNO5. The van der Waals surface area contributed by atoms with Crippen LogP contribution in [-0.4, -0.2) is 36.3 Å². The molecule has 1 aliphatic heterocycles. The number of amides is 1. The zero-order valence-corrected chi connectivity index (χ0v) is 14.7. The second kappa shape index (κ2) is 7.62. The average Bonchev–Trinajstić information content (AvgIpc) is 3.03. The van der Waals surface area contributed by atoms with Crippen LogP contribution in [0.1, 0.15) is 38.5 Å². The van der Waals surface area contributed by atoms with E-state index in [-0.39, 0.29) is 18.4 Å². The van der Waals surface area contributed by atoms with E-state index in [4.69, 9.17) is 21.1 Å². The van der Waals surface area contributed by atoms with E-state index < -0.39 is 11.4 Å². The highest BCUT2D eigenvalue weighted by Crippen LogP contribution is 2.44. The number of carboxylic acids is 1. The Morgan fingerprint density at radius 2 is 2.16 bits per heavy atom. The van der Waals surface area contributed by atoms with Crippen molar-refractivity contribution < 1.29 is 24.2 Å². The Morgan fingerprint density at radius 3 is 2.76 bits per heavy atom. The molecule has 1 saturated heterocycles. The summed E-state index contributed by atoms with van der Waals surface area (Å²) in [5.41, 5.74) is -0.475. The number of aliphatic carboxylic acids is 1. The predicted octanol–water partition coefficient (Wildman–Crippen LogP) is 3.48. The molecule has 1 atom stereocenters. The molecule has 0 bridgehead atoms. The Kier molecular flexibility index (Phi) is 5.49.